The van der Waals surface area contributed by atoms with Crippen LogP contribution in [0, 0.1) is 0 Å². The summed E-state index contributed by atoms with van der Waals surface area (Å²) in [6.07, 6.45) is 6.35. The van der Waals surface area contributed by atoms with E-state index in [9.17, 15) is 9.59 Å². The first kappa shape index (κ1) is 21.7. The Bertz CT molecular complexity index is 1040. The van der Waals surface area contributed by atoms with Gasteiger partial charge in [-0.05, 0) is 61.2 Å². The van der Waals surface area contributed by atoms with Crippen LogP contribution in [0.25, 0.3) is 0 Å². The molecule has 0 saturated heterocycles. The van der Waals surface area contributed by atoms with Gasteiger partial charge in [0.05, 0.1) is 19.4 Å². The predicted octanol–water partition coefficient (Wildman–Crippen LogP) is 4.41. The van der Waals surface area contributed by atoms with Crippen molar-refractivity contribution in [2.24, 2.45) is 7.05 Å². The maximum atomic E-state index is 13.3. The maximum Gasteiger partial charge on any atom is 0.322 e. The third-order valence-electron chi connectivity index (χ3n) is 5.85. The fraction of sp³-hybridized carbons (Fsp3) is 0.360. The van der Waals surface area contributed by atoms with Gasteiger partial charge in [-0.3, -0.25) is 4.79 Å². The van der Waals surface area contributed by atoms with Gasteiger partial charge in [0.15, 0.2) is 0 Å². The fourth-order valence-corrected chi connectivity index (χ4v) is 3.70. The summed E-state index contributed by atoms with van der Waals surface area (Å²) in [6, 6.07) is 15.3. The minimum atomic E-state index is -0.234. The van der Waals surface area contributed by atoms with Gasteiger partial charge in [0, 0.05) is 30.7 Å². The number of anilines is 1. The summed E-state index contributed by atoms with van der Waals surface area (Å²) < 4.78 is 7.47. The Morgan fingerprint density at radius 2 is 1.88 bits per heavy atom. The van der Waals surface area contributed by atoms with Crippen molar-refractivity contribution >= 4 is 17.6 Å². The van der Waals surface area contributed by atoms with E-state index in [4.69, 9.17) is 4.42 Å². The van der Waals surface area contributed by atoms with E-state index >= 15 is 0 Å². The van der Waals surface area contributed by atoms with Crippen LogP contribution in [-0.2, 0) is 31.4 Å². The third kappa shape index (κ3) is 5.41. The number of hydrogen-bond acceptors (Lipinski definition) is 3. The van der Waals surface area contributed by atoms with Gasteiger partial charge in [-0.2, -0.15) is 0 Å². The number of urea groups is 1. The Labute approximate surface area is 188 Å². The Balaban J connectivity index is 1.46. The molecule has 1 aliphatic rings. The van der Waals surface area contributed by atoms with Gasteiger partial charge in [-0.15, -0.1) is 0 Å². The molecular formula is C25H30N4O3. The minimum absolute atomic E-state index is 0.0364. The highest BCUT2D eigenvalue weighted by atomic mass is 16.3. The molecule has 7 heteroatoms. The second-order valence-corrected chi connectivity index (χ2v) is 8.28. The van der Waals surface area contributed by atoms with Gasteiger partial charge in [-0.1, -0.05) is 19.1 Å². The molecule has 1 N–H and O–H groups in total. The van der Waals surface area contributed by atoms with Crippen molar-refractivity contribution in [3.8, 4) is 0 Å². The molecule has 7 nitrogen and oxygen atoms in total. The highest BCUT2D eigenvalue weighted by Crippen LogP contribution is 2.28. The molecule has 1 saturated carbocycles. The first-order chi connectivity index (χ1) is 15.5. The van der Waals surface area contributed by atoms with E-state index in [1.807, 2.05) is 66.3 Å². The van der Waals surface area contributed by atoms with Crippen molar-refractivity contribution in [1.29, 1.82) is 0 Å². The number of carbonyl (C=O) groups is 2. The molecule has 2 heterocycles. The van der Waals surface area contributed by atoms with Crippen LogP contribution in [0.3, 0.4) is 0 Å². The zero-order valence-corrected chi connectivity index (χ0v) is 18.7. The van der Waals surface area contributed by atoms with Crippen molar-refractivity contribution in [2.75, 3.05) is 11.9 Å². The molecular weight excluding hydrogens is 404 g/mol. The van der Waals surface area contributed by atoms with Gasteiger partial charge < -0.3 is 24.1 Å². The van der Waals surface area contributed by atoms with Crippen molar-refractivity contribution in [2.45, 2.75) is 45.3 Å². The van der Waals surface area contributed by atoms with Crippen LogP contribution in [-0.4, -0.2) is 38.9 Å². The second kappa shape index (κ2) is 9.77. The molecule has 0 spiro atoms. The van der Waals surface area contributed by atoms with Gasteiger partial charge in [-0.25, -0.2) is 4.79 Å². The predicted molar refractivity (Wildman–Crippen MR) is 123 cm³/mol. The standard InChI is InChI=1S/C25H30N4O3/c1-3-19-8-10-20(11-9-19)26-25(31)29(21-12-13-21)18-24(30)28(17-23-7-5-15-32-23)16-22-6-4-14-27(22)2/h4-11,14-15,21H,3,12-13,16-18H2,1-2H3,(H,26,31). The average molecular weight is 435 g/mol. The SMILES string of the molecule is CCc1ccc(NC(=O)N(CC(=O)N(Cc2ccco2)Cc2cccn2C)C2CC2)cc1. The number of furan rings is 1. The highest BCUT2D eigenvalue weighted by Gasteiger charge is 2.35. The van der Waals surface area contributed by atoms with Crippen LogP contribution in [0.2, 0.25) is 0 Å². The van der Waals surface area contributed by atoms with Crippen LogP contribution in [0.15, 0.2) is 65.4 Å². The Kier molecular flexibility index (Phi) is 6.63. The molecule has 0 aliphatic heterocycles. The average Bonchev–Trinajstić information content (AvgIpc) is 3.35. The fourth-order valence-electron chi connectivity index (χ4n) is 3.70. The van der Waals surface area contributed by atoms with Gasteiger partial charge >= 0.3 is 6.03 Å². The number of nitrogens with one attached hydrogen (secondary N) is 1. The van der Waals surface area contributed by atoms with Crippen molar-refractivity contribution in [1.82, 2.24) is 14.4 Å². The smallest absolute Gasteiger partial charge is 0.322 e. The lowest BCUT2D eigenvalue weighted by atomic mass is 10.1. The quantitative estimate of drug-likeness (QED) is 0.542. The van der Waals surface area contributed by atoms with Crippen molar-refractivity contribution in [3.05, 3.63) is 78.0 Å². The molecule has 1 fully saturated rings. The number of aromatic nitrogens is 1. The summed E-state index contributed by atoms with van der Waals surface area (Å²) in [5, 5.41) is 2.95. The summed E-state index contributed by atoms with van der Waals surface area (Å²) >= 11 is 0. The number of hydrogen-bond donors (Lipinski definition) is 1. The topological polar surface area (TPSA) is 70.7 Å². The summed E-state index contributed by atoms with van der Waals surface area (Å²) in [5.41, 5.74) is 2.97. The molecule has 0 atom stereocenters. The molecule has 2 aromatic heterocycles. The van der Waals surface area contributed by atoms with Crippen LogP contribution >= 0.6 is 0 Å². The maximum absolute atomic E-state index is 13.3. The monoisotopic (exact) mass is 434 g/mol. The number of carbonyl (C=O) groups excluding carboxylic acids is 2. The van der Waals surface area contributed by atoms with E-state index < -0.39 is 0 Å². The van der Waals surface area contributed by atoms with Crippen LogP contribution in [0.5, 0.6) is 0 Å². The van der Waals surface area contributed by atoms with E-state index in [1.165, 1.54) is 5.56 Å². The van der Waals surface area contributed by atoms with E-state index in [-0.39, 0.29) is 24.5 Å². The minimum Gasteiger partial charge on any atom is -0.467 e. The summed E-state index contributed by atoms with van der Waals surface area (Å²) in [4.78, 5) is 29.8. The lowest BCUT2D eigenvalue weighted by molar-refractivity contribution is -0.133. The van der Waals surface area contributed by atoms with E-state index in [0.717, 1.165) is 30.6 Å². The molecule has 1 aromatic carbocycles. The van der Waals surface area contributed by atoms with Gasteiger partial charge in [0.25, 0.3) is 0 Å². The van der Waals surface area contributed by atoms with Crippen LogP contribution in [0.1, 0.15) is 36.8 Å². The lowest BCUT2D eigenvalue weighted by Crippen LogP contribution is -2.45. The third-order valence-corrected chi connectivity index (χ3v) is 5.85. The summed E-state index contributed by atoms with van der Waals surface area (Å²) in [6.45, 7) is 2.93. The van der Waals surface area contributed by atoms with Crippen molar-refractivity contribution < 1.29 is 14.0 Å². The number of amides is 3. The number of nitrogens with zero attached hydrogens (tertiary/aromatic N) is 3. The zero-order chi connectivity index (χ0) is 22.5. The first-order valence-electron chi connectivity index (χ1n) is 11.1. The van der Waals surface area contributed by atoms with Gasteiger partial charge in [0.1, 0.15) is 12.3 Å². The number of aryl methyl sites for hydroxylation is 2. The molecule has 3 amide bonds. The number of rotatable bonds is 9. The summed E-state index contributed by atoms with van der Waals surface area (Å²) in [5.74, 6) is 0.608. The molecule has 0 radical (unpaired) electrons. The molecule has 0 unspecified atom stereocenters. The van der Waals surface area contributed by atoms with E-state index in [0.29, 0.717) is 18.8 Å². The van der Waals surface area contributed by atoms with Crippen LogP contribution in [0.4, 0.5) is 10.5 Å². The van der Waals surface area contributed by atoms with E-state index in [2.05, 4.69) is 12.2 Å². The normalized spacial score (nSPS) is 13.1. The number of benzene rings is 1. The first-order valence-corrected chi connectivity index (χ1v) is 11.1. The molecule has 168 valence electrons. The lowest BCUT2D eigenvalue weighted by Gasteiger charge is -2.27. The largest absolute Gasteiger partial charge is 0.467 e. The van der Waals surface area contributed by atoms with Crippen molar-refractivity contribution in [3.63, 3.8) is 0 Å². The Morgan fingerprint density at radius 3 is 2.47 bits per heavy atom. The Hall–Kier alpha value is -3.48. The zero-order valence-electron chi connectivity index (χ0n) is 18.7. The Morgan fingerprint density at radius 1 is 1.09 bits per heavy atom. The highest BCUT2D eigenvalue weighted by molar-refractivity contribution is 5.92. The van der Waals surface area contributed by atoms with E-state index in [1.54, 1.807) is 16.1 Å². The molecule has 3 aromatic rings. The van der Waals surface area contributed by atoms with Crippen LogP contribution < -0.4 is 5.32 Å². The molecule has 1 aliphatic carbocycles. The molecule has 32 heavy (non-hydrogen) atoms. The molecule has 4 rings (SSSR count). The van der Waals surface area contributed by atoms with Gasteiger partial charge in [0.2, 0.25) is 5.91 Å². The summed E-state index contributed by atoms with van der Waals surface area (Å²) in [7, 11) is 1.96. The second-order valence-electron chi connectivity index (χ2n) is 8.28. The molecule has 0 bridgehead atoms.